The lowest BCUT2D eigenvalue weighted by atomic mass is 9.80. The van der Waals surface area contributed by atoms with E-state index in [1.807, 2.05) is 78.9 Å². The standard InChI is InChI=1S/C30H32N2O8/c1-37-22-12-8-20(9-13-22)30(19-6-4-3-5-7-19,21-10-14-23(38-2)15-11-21)39-18-24-26(34)27(35)28(40-24)32-17-16-25(33)31-29(32)36/h3-15,24,26-28,34-35H,16-18H2,1-2H3,(H,31,33,36). The minimum absolute atomic E-state index is 0.0678. The van der Waals surface area contributed by atoms with E-state index >= 15 is 0 Å². The van der Waals surface area contributed by atoms with E-state index < -0.39 is 42.1 Å². The molecule has 2 heterocycles. The molecule has 0 saturated carbocycles. The SMILES string of the molecule is COc1ccc(C(OCC2OC(N3CCC(=O)NC3=O)C(O)C2O)(c2ccccc2)c2ccc(OC)cc2)cc1. The molecule has 210 valence electrons. The zero-order valence-corrected chi connectivity index (χ0v) is 22.2. The number of nitrogens with one attached hydrogen (secondary N) is 1. The molecule has 0 bridgehead atoms. The number of hydrogen-bond donors (Lipinski definition) is 3. The van der Waals surface area contributed by atoms with Gasteiger partial charge in [-0.25, -0.2) is 4.79 Å². The Balaban J connectivity index is 1.51. The Morgan fingerprint density at radius 1 is 0.850 bits per heavy atom. The highest BCUT2D eigenvalue weighted by molar-refractivity contribution is 5.96. The van der Waals surface area contributed by atoms with Gasteiger partial charge in [0, 0.05) is 13.0 Å². The van der Waals surface area contributed by atoms with Gasteiger partial charge < -0.3 is 29.2 Å². The van der Waals surface area contributed by atoms with Crippen molar-refractivity contribution in [2.24, 2.45) is 0 Å². The van der Waals surface area contributed by atoms with Crippen LogP contribution in [-0.4, -0.2) is 79.0 Å². The summed E-state index contributed by atoms with van der Waals surface area (Å²) in [5.74, 6) is 0.958. The average molecular weight is 549 g/mol. The van der Waals surface area contributed by atoms with E-state index in [1.165, 1.54) is 4.90 Å². The van der Waals surface area contributed by atoms with Gasteiger partial charge in [-0.3, -0.25) is 15.0 Å². The Bertz CT molecular complexity index is 1270. The fourth-order valence-corrected chi connectivity index (χ4v) is 5.23. The molecule has 3 N–H and O–H groups in total. The Morgan fingerprint density at radius 2 is 1.40 bits per heavy atom. The van der Waals surface area contributed by atoms with Gasteiger partial charge in [0.25, 0.3) is 0 Å². The van der Waals surface area contributed by atoms with Crippen molar-refractivity contribution >= 4 is 11.9 Å². The molecule has 4 unspecified atom stereocenters. The molecule has 0 aliphatic carbocycles. The summed E-state index contributed by atoms with van der Waals surface area (Å²) in [6, 6.07) is 24.0. The van der Waals surface area contributed by atoms with Crippen molar-refractivity contribution in [1.29, 1.82) is 0 Å². The highest BCUT2D eigenvalue weighted by Crippen LogP contribution is 2.42. The first-order valence-electron chi connectivity index (χ1n) is 13.0. The number of hydrogen-bond acceptors (Lipinski definition) is 8. The molecule has 2 aliphatic heterocycles. The lowest BCUT2D eigenvalue weighted by Gasteiger charge is -2.37. The summed E-state index contributed by atoms with van der Waals surface area (Å²) in [4.78, 5) is 25.2. The highest BCUT2D eigenvalue weighted by atomic mass is 16.6. The number of amides is 3. The van der Waals surface area contributed by atoms with Gasteiger partial charge in [-0.2, -0.15) is 0 Å². The van der Waals surface area contributed by atoms with Crippen molar-refractivity contribution in [2.75, 3.05) is 27.4 Å². The Labute approximate surface area is 232 Å². The average Bonchev–Trinajstić information content (AvgIpc) is 3.27. The van der Waals surface area contributed by atoms with Crippen LogP contribution in [0.5, 0.6) is 11.5 Å². The van der Waals surface area contributed by atoms with E-state index in [4.69, 9.17) is 18.9 Å². The predicted molar refractivity (Wildman–Crippen MR) is 144 cm³/mol. The third-order valence-corrected chi connectivity index (χ3v) is 7.37. The minimum Gasteiger partial charge on any atom is -0.497 e. The predicted octanol–water partition coefficient (Wildman–Crippen LogP) is 2.40. The zero-order chi connectivity index (χ0) is 28.3. The Morgan fingerprint density at radius 3 is 1.93 bits per heavy atom. The maximum Gasteiger partial charge on any atom is 0.326 e. The monoisotopic (exact) mass is 548 g/mol. The second-order valence-electron chi connectivity index (χ2n) is 9.66. The van der Waals surface area contributed by atoms with E-state index in [9.17, 15) is 19.8 Å². The molecule has 2 saturated heterocycles. The van der Waals surface area contributed by atoms with Gasteiger partial charge in [0.1, 0.15) is 35.4 Å². The molecule has 40 heavy (non-hydrogen) atoms. The Kier molecular flexibility index (Phi) is 8.04. The van der Waals surface area contributed by atoms with Crippen LogP contribution >= 0.6 is 0 Å². The number of aliphatic hydroxyl groups is 2. The van der Waals surface area contributed by atoms with Crippen LogP contribution < -0.4 is 14.8 Å². The quantitative estimate of drug-likeness (QED) is 0.348. The number of benzene rings is 3. The van der Waals surface area contributed by atoms with Crippen LogP contribution in [0.25, 0.3) is 0 Å². The van der Waals surface area contributed by atoms with Gasteiger partial charge in [-0.1, -0.05) is 54.6 Å². The van der Waals surface area contributed by atoms with Crippen molar-refractivity contribution in [2.45, 2.75) is 36.6 Å². The summed E-state index contributed by atoms with van der Waals surface area (Å²) < 4.78 is 23.5. The largest absolute Gasteiger partial charge is 0.497 e. The molecule has 0 aromatic heterocycles. The molecule has 3 aromatic carbocycles. The molecule has 10 heteroatoms. The Hall–Kier alpha value is -3.96. The summed E-state index contributed by atoms with van der Waals surface area (Å²) in [7, 11) is 3.19. The van der Waals surface area contributed by atoms with Gasteiger partial charge in [-0.05, 0) is 41.0 Å². The zero-order valence-electron chi connectivity index (χ0n) is 22.2. The number of urea groups is 1. The molecule has 10 nitrogen and oxygen atoms in total. The second kappa shape index (κ2) is 11.6. The van der Waals surface area contributed by atoms with Gasteiger partial charge in [0.15, 0.2) is 6.23 Å². The summed E-state index contributed by atoms with van der Waals surface area (Å²) in [5.41, 5.74) is 1.26. The van der Waals surface area contributed by atoms with Crippen LogP contribution in [0.2, 0.25) is 0 Å². The number of carbonyl (C=O) groups excluding carboxylic acids is 2. The van der Waals surface area contributed by atoms with Gasteiger partial charge >= 0.3 is 6.03 Å². The maximum absolute atomic E-state index is 12.4. The van der Waals surface area contributed by atoms with Gasteiger partial charge in [0.2, 0.25) is 5.91 Å². The fourth-order valence-electron chi connectivity index (χ4n) is 5.23. The number of carbonyl (C=O) groups is 2. The van der Waals surface area contributed by atoms with Crippen molar-refractivity contribution in [3.8, 4) is 11.5 Å². The molecular formula is C30H32N2O8. The summed E-state index contributed by atoms with van der Waals surface area (Å²) in [5, 5.41) is 23.9. The molecule has 0 spiro atoms. The van der Waals surface area contributed by atoms with Crippen LogP contribution in [0.4, 0.5) is 4.79 Å². The number of imide groups is 1. The number of methoxy groups -OCH3 is 2. The number of aliphatic hydroxyl groups excluding tert-OH is 2. The van der Waals surface area contributed by atoms with E-state index in [0.29, 0.717) is 11.5 Å². The van der Waals surface area contributed by atoms with Gasteiger partial charge in [-0.15, -0.1) is 0 Å². The van der Waals surface area contributed by atoms with Crippen molar-refractivity contribution in [1.82, 2.24) is 10.2 Å². The first kappa shape index (κ1) is 27.6. The lowest BCUT2D eigenvalue weighted by molar-refractivity contribution is -0.127. The third kappa shape index (κ3) is 5.14. The number of rotatable bonds is 9. The lowest BCUT2D eigenvalue weighted by Crippen LogP contribution is -2.56. The first-order valence-corrected chi connectivity index (χ1v) is 13.0. The molecule has 5 rings (SSSR count). The summed E-state index contributed by atoms with van der Waals surface area (Å²) in [6.45, 7) is -0.0611. The molecule has 3 aromatic rings. The molecule has 2 aliphatic rings. The van der Waals surface area contributed by atoms with E-state index in [1.54, 1.807) is 14.2 Å². The normalized spacial score (nSPS) is 23.1. The molecule has 3 amide bonds. The molecule has 2 fully saturated rings. The minimum atomic E-state index is -1.39. The molecule has 4 atom stereocenters. The van der Waals surface area contributed by atoms with Crippen molar-refractivity contribution in [3.05, 3.63) is 95.6 Å². The smallest absolute Gasteiger partial charge is 0.326 e. The summed E-state index contributed by atoms with van der Waals surface area (Å²) >= 11 is 0. The fraction of sp³-hybridized carbons (Fsp3) is 0.333. The van der Waals surface area contributed by atoms with Crippen LogP contribution in [0, 0.1) is 0 Å². The van der Waals surface area contributed by atoms with Crippen LogP contribution in [0.3, 0.4) is 0 Å². The second-order valence-corrected chi connectivity index (χ2v) is 9.66. The highest BCUT2D eigenvalue weighted by Gasteiger charge is 2.49. The van der Waals surface area contributed by atoms with Crippen LogP contribution in [0.1, 0.15) is 23.1 Å². The van der Waals surface area contributed by atoms with E-state index in [-0.39, 0.29) is 19.6 Å². The third-order valence-electron chi connectivity index (χ3n) is 7.37. The maximum atomic E-state index is 12.4. The van der Waals surface area contributed by atoms with Crippen LogP contribution in [0.15, 0.2) is 78.9 Å². The summed E-state index contributed by atoms with van der Waals surface area (Å²) in [6.07, 6.45) is -4.76. The van der Waals surface area contributed by atoms with Crippen molar-refractivity contribution < 1.29 is 38.7 Å². The van der Waals surface area contributed by atoms with E-state index in [0.717, 1.165) is 16.7 Å². The molecular weight excluding hydrogens is 516 g/mol. The molecule has 0 radical (unpaired) electrons. The number of nitrogens with zero attached hydrogens (tertiary/aromatic N) is 1. The topological polar surface area (TPSA) is 127 Å². The first-order chi connectivity index (χ1) is 19.4. The van der Waals surface area contributed by atoms with Gasteiger partial charge in [0.05, 0.1) is 20.8 Å². The number of ether oxygens (including phenoxy) is 4. The van der Waals surface area contributed by atoms with Crippen molar-refractivity contribution in [3.63, 3.8) is 0 Å². The van der Waals surface area contributed by atoms with E-state index in [2.05, 4.69) is 5.32 Å². The van der Waals surface area contributed by atoms with Crippen LogP contribution in [-0.2, 0) is 19.9 Å².